The number of hydrogen-bond donors (Lipinski definition) is 2. The van der Waals surface area contributed by atoms with Crippen LogP contribution in [-0.2, 0) is 6.42 Å². The van der Waals surface area contributed by atoms with E-state index in [0.717, 1.165) is 60.2 Å². The lowest BCUT2D eigenvalue weighted by Crippen LogP contribution is -2.30. The zero-order valence-electron chi connectivity index (χ0n) is 11.7. The van der Waals surface area contributed by atoms with E-state index in [1.807, 2.05) is 12.1 Å². The minimum Gasteiger partial charge on any atom is -0.496 e. The summed E-state index contributed by atoms with van der Waals surface area (Å²) < 4.78 is 10.9. The Hall–Kier alpha value is -2.24. The van der Waals surface area contributed by atoms with Gasteiger partial charge in [0.05, 0.1) is 26.5 Å². The van der Waals surface area contributed by atoms with Crippen LogP contribution in [0.1, 0.15) is 17.5 Å². The normalized spacial score (nSPS) is 18.5. The van der Waals surface area contributed by atoms with Gasteiger partial charge < -0.3 is 14.8 Å². The molecule has 0 amide bonds. The Morgan fingerprint density at radius 3 is 2.70 bits per heavy atom. The maximum absolute atomic E-state index is 5.45. The SMILES string of the molecule is COc1ccc(OC)c2c1CCC2=NNC1=NCCN1. The Balaban J connectivity index is 1.93. The monoisotopic (exact) mass is 274 g/mol. The van der Waals surface area contributed by atoms with Gasteiger partial charge >= 0.3 is 0 Å². The summed E-state index contributed by atoms with van der Waals surface area (Å²) in [4.78, 5) is 4.26. The Morgan fingerprint density at radius 2 is 2.00 bits per heavy atom. The highest BCUT2D eigenvalue weighted by Crippen LogP contribution is 2.37. The molecule has 0 fully saturated rings. The number of fused-ring (bicyclic) bond motifs is 1. The highest BCUT2D eigenvalue weighted by atomic mass is 16.5. The first-order valence-electron chi connectivity index (χ1n) is 6.68. The van der Waals surface area contributed by atoms with Crippen LogP contribution < -0.4 is 20.2 Å². The highest BCUT2D eigenvalue weighted by Gasteiger charge is 2.26. The van der Waals surface area contributed by atoms with Gasteiger partial charge in [-0.1, -0.05) is 0 Å². The van der Waals surface area contributed by atoms with Crippen molar-refractivity contribution in [3.63, 3.8) is 0 Å². The molecule has 0 unspecified atom stereocenters. The lowest BCUT2D eigenvalue weighted by Gasteiger charge is -2.11. The summed E-state index contributed by atoms with van der Waals surface area (Å²) in [7, 11) is 3.36. The Bertz CT molecular complexity index is 581. The standard InChI is InChI=1S/C14H18N4O2/c1-19-11-5-6-12(20-2)13-9(11)3-4-10(13)17-18-14-15-7-8-16-14/h5-6H,3-4,7-8H2,1-2H3,(H2,15,16,18). The van der Waals surface area contributed by atoms with Crippen LogP contribution in [-0.4, -0.2) is 39.0 Å². The number of aliphatic imine (C=N–C) groups is 1. The van der Waals surface area contributed by atoms with Crippen molar-refractivity contribution in [2.24, 2.45) is 10.1 Å². The summed E-state index contributed by atoms with van der Waals surface area (Å²) in [5.41, 5.74) is 6.16. The predicted molar refractivity (Wildman–Crippen MR) is 77.8 cm³/mol. The van der Waals surface area contributed by atoms with Crippen molar-refractivity contribution in [1.29, 1.82) is 0 Å². The molecule has 0 saturated carbocycles. The number of hydrogen-bond acceptors (Lipinski definition) is 6. The van der Waals surface area contributed by atoms with Crippen LogP contribution in [0.15, 0.2) is 22.2 Å². The molecule has 0 bridgehead atoms. The minimum absolute atomic E-state index is 0.729. The lowest BCUT2D eigenvalue weighted by atomic mass is 10.1. The topological polar surface area (TPSA) is 67.2 Å². The fourth-order valence-corrected chi connectivity index (χ4v) is 2.61. The molecule has 0 spiro atoms. The average Bonchev–Trinajstić information content (AvgIpc) is 3.13. The van der Waals surface area contributed by atoms with Crippen molar-refractivity contribution in [2.45, 2.75) is 12.8 Å². The second kappa shape index (κ2) is 5.40. The molecule has 2 aliphatic rings. The average molecular weight is 274 g/mol. The largest absolute Gasteiger partial charge is 0.496 e. The van der Waals surface area contributed by atoms with Gasteiger partial charge in [0.1, 0.15) is 11.5 Å². The van der Waals surface area contributed by atoms with E-state index < -0.39 is 0 Å². The first-order valence-corrected chi connectivity index (χ1v) is 6.68. The Morgan fingerprint density at radius 1 is 1.20 bits per heavy atom. The van der Waals surface area contributed by atoms with Gasteiger partial charge in [-0.25, -0.2) is 10.4 Å². The van der Waals surface area contributed by atoms with Crippen molar-refractivity contribution in [3.05, 3.63) is 23.3 Å². The third-order valence-electron chi connectivity index (χ3n) is 3.54. The first-order chi connectivity index (χ1) is 9.83. The number of benzene rings is 1. The molecule has 0 atom stereocenters. The zero-order valence-corrected chi connectivity index (χ0v) is 11.7. The van der Waals surface area contributed by atoms with Gasteiger partial charge in [0.15, 0.2) is 0 Å². The predicted octanol–water partition coefficient (Wildman–Crippen LogP) is 0.903. The summed E-state index contributed by atoms with van der Waals surface area (Å²) in [5.74, 6) is 2.45. The van der Waals surface area contributed by atoms with E-state index in [2.05, 4.69) is 20.8 Å². The maximum atomic E-state index is 5.45. The molecular weight excluding hydrogens is 256 g/mol. The molecule has 1 heterocycles. The number of rotatable bonds is 3. The third-order valence-corrected chi connectivity index (χ3v) is 3.54. The molecule has 6 heteroatoms. The molecule has 1 aliphatic carbocycles. The summed E-state index contributed by atoms with van der Waals surface area (Å²) in [6.45, 7) is 1.65. The van der Waals surface area contributed by atoms with E-state index in [1.165, 1.54) is 0 Å². The van der Waals surface area contributed by atoms with Crippen LogP contribution >= 0.6 is 0 Å². The van der Waals surface area contributed by atoms with E-state index in [1.54, 1.807) is 14.2 Å². The van der Waals surface area contributed by atoms with Crippen LogP contribution in [0.3, 0.4) is 0 Å². The molecular formula is C14H18N4O2. The highest BCUT2D eigenvalue weighted by molar-refractivity contribution is 6.07. The molecule has 1 aliphatic heterocycles. The summed E-state index contributed by atoms with van der Waals surface area (Å²) in [5, 5.41) is 7.60. The molecule has 106 valence electrons. The van der Waals surface area contributed by atoms with Crippen molar-refractivity contribution < 1.29 is 9.47 Å². The number of hydrazone groups is 1. The fraction of sp³-hybridized carbons (Fsp3) is 0.429. The molecule has 1 aromatic rings. The van der Waals surface area contributed by atoms with Gasteiger partial charge in [-0.05, 0) is 25.0 Å². The molecule has 0 radical (unpaired) electrons. The molecule has 6 nitrogen and oxygen atoms in total. The fourth-order valence-electron chi connectivity index (χ4n) is 2.61. The van der Waals surface area contributed by atoms with Gasteiger partial charge in [-0.2, -0.15) is 5.10 Å². The smallest absolute Gasteiger partial charge is 0.212 e. The minimum atomic E-state index is 0.729. The quantitative estimate of drug-likeness (QED) is 0.804. The summed E-state index contributed by atoms with van der Waals surface area (Å²) in [6, 6.07) is 3.86. The number of methoxy groups -OCH3 is 2. The second-order valence-corrected chi connectivity index (χ2v) is 4.65. The number of ether oxygens (including phenoxy) is 2. The van der Waals surface area contributed by atoms with Crippen LogP contribution in [0.4, 0.5) is 0 Å². The van der Waals surface area contributed by atoms with Crippen LogP contribution in [0.5, 0.6) is 11.5 Å². The molecule has 1 aromatic carbocycles. The van der Waals surface area contributed by atoms with Crippen molar-refractivity contribution in [1.82, 2.24) is 10.7 Å². The van der Waals surface area contributed by atoms with Gasteiger partial charge in [-0.15, -0.1) is 0 Å². The Kier molecular flexibility index (Phi) is 3.45. The number of nitrogens with zero attached hydrogens (tertiary/aromatic N) is 2. The number of nitrogens with one attached hydrogen (secondary N) is 2. The lowest BCUT2D eigenvalue weighted by molar-refractivity contribution is 0.399. The molecule has 3 rings (SSSR count). The summed E-state index contributed by atoms with van der Waals surface area (Å²) in [6.07, 6.45) is 1.78. The van der Waals surface area contributed by atoms with E-state index in [4.69, 9.17) is 9.47 Å². The van der Waals surface area contributed by atoms with Gasteiger partial charge in [0.25, 0.3) is 0 Å². The maximum Gasteiger partial charge on any atom is 0.212 e. The van der Waals surface area contributed by atoms with Crippen LogP contribution in [0.25, 0.3) is 0 Å². The first kappa shape index (κ1) is 12.8. The summed E-state index contributed by atoms with van der Waals surface area (Å²) >= 11 is 0. The van der Waals surface area contributed by atoms with Crippen LogP contribution in [0.2, 0.25) is 0 Å². The van der Waals surface area contributed by atoms with Crippen molar-refractivity contribution in [2.75, 3.05) is 27.3 Å². The zero-order chi connectivity index (χ0) is 13.9. The number of guanidine groups is 1. The van der Waals surface area contributed by atoms with Crippen molar-refractivity contribution in [3.8, 4) is 11.5 Å². The van der Waals surface area contributed by atoms with E-state index in [-0.39, 0.29) is 0 Å². The third kappa shape index (κ3) is 2.17. The van der Waals surface area contributed by atoms with E-state index in [9.17, 15) is 0 Å². The second-order valence-electron chi connectivity index (χ2n) is 4.65. The molecule has 2 N–H and O–H groups in total. The van der Waals surface area contributed by atoms with Gasteiger partial charge in [0, 0.05) is 17.7 Å². The van der Waals surface area contributed by atoms with Gasteiger partial charge in [-0.3, -0.25) is 0 Å². The molecule has 0 aromatic heterocycles. The Labute approximate surface area is 117 Å². The van der Waals surface area contributed by atoms with Crippen molar-refractivity contribution >= 4 is 11.7 Å². The molecule has 0 saturated heterocycles. The molecule has 20 heavy (non-hydrogen) atoms. The van der Waals surface area contributed by atoms with Crippen LogP contribution in [0, 0.1) is 0 Å². The van der Waals surface area contributed by atoms with E-state index in [0.29, 0.717) is 0 Å². The van der Waals surface area contributed by atoms with E-state index >= 15 is 0 Å². The van der Waals surface area contributed by atoms with Gasteiger partial charge in [0.2, 0.25) is 5.96 Å².